The molecule has 0 fully saturated rings. The maximum atomic E-state index is 9.96. The summed E-state index contributed by atoms with van der Waals surface area (Å²) in [5, 5.41) is 12.5. The van der Waals surface area contributed by atoms with Crippen LogP contribution in [0.3, 0.4) is 0 Å². The van der Waals surface area contributed by atoms with E-state index in [0.29, 0.717) is 0 Å². The van der Waals surface area contributed by atoms with Gasteiger partial charge in [-0.05, 0) is 47.2 Å². The first-order valence-corrected chi connectivity index (χ1v) is 5.46. The van der Waals surface area contributed by atoms with Crippen molar-refractivity contribution in [3.8, 4) is 0 Å². The van der Waals surface area contributed by atoms with Crippen LogP contribution in [-0.4, -0.2) is 5.11 Å². The molecule has 0 amide bonds. The number of aliphatic hydroxyl groups excluding tert-OH is 1. The molecule has 76 valence electrons. The van der Waals surface area contributed by atoms with Crippen LogP contribution in [0.1, 0.15) is 29.2 Å². The second kappa shape index (κ2) is 3.07. The van der Waals surface area contributed by atoms with Crippen LogP contribution in [-0.2, 0) is 6.42 Å². The van der Waals surface area contributed by atoms with Crippen molar-refractivity contribution in [1.82, 2.24) is 0 Å². The Balaban J connectivity index is 2.48. The molecule has 2 aromatic carbocycles. The van der Waals surface area contributed by atoms with Crippen LogP contribution in [0.25, 0.3) is 10.8 Å². The lowest BCUT2D eigenvalue weighted by molar-refractivity contribution is 0.166. The first-order chi connectivity index (χ1) is 7.27. The molecular formula is C14H14O. The highest BCUT2D eigenvalue weighted by Gasteiger charge is 2.20. The Morgan fingerprint density at radius 1 is 1.20 bits per heavy atom. The van der Waals surface area contributed by atoms with Gasteiger partial charge in [0.05, 0.1) is 6.10 Å². The van der Waals surface area contributed by atoms with Gasteiger partial charge in [-0.1, -0.05) is 30.3 Å². The van der Waals surface area contributed by atoms with Crippen molar-refractivity contribution in [3.63, 3.8) is 0 Å². The highest BCUT2D eigenvalue weighted by atomic mass is 16.3. The van der Waals surface area contributed by atoms with Gasteiger partial charge >= 0.3 is 0 Å². The van der Waals surface area contributed by atoms with E-state index in [1.54, 1.807) is 0 Å². The number of aliphatic hydroxyl groups is 1. The molecule has 3 rings (SSSR count). The summed E-state index contributed by atoms with van der Waals surface area (Å²) in [6, 6.07) is 10.5. The monoisotopic (exact) mass is 198 g/mol. The van der Waals surface area contributed by atoms with E-state index in [4.69, 9.17) is 0 Å². The van der Waals surface area contributed by atoms with Gasteiger partial charge in [0, 0.05) is 0 Å². The standard InChI is InChI=1S/C14H14O/c1-9-5-6-10-3-2-4-12-13(15)8-7-11(9)14(10)12/h2-6,13,15H,7-8H2,1H3/t13-/m0/s1. The minimum absolute atomic E-state index is 0.275. The van der Waals surface area contributed by atoms with Crippen molar-refractivity contribution in [2.45, 2.75) is 25.9 Å². The molecule has 0 saturated heterocycles. The van der Waals surface area contributed by atoms with Crippen LogP contribution >= 0.6 is 0 Å². The highest BCUT2D eigenvalue weighted by molar-refractivity contribution is 5.90. The van der Waals surface area contributed by atoms with Gasteiger partial charge in [0.2, 0.25) is 0 Å². The SMILES string of the molecule is Cc1ccc2cccc3c2c1CC[C@@H]3O. The summed E-state index contributed by atoms with van der Waals surface area (Å²) in [7, 11) is 0. The molecule has 0 spiro atoms. The lowest BCUT2D eigenvalue weighted by Crippen LogP contribution is -2.08. The summed E-state index contributed by atoms with van der Waals surface area (Å²) in [6.07, 6.45) is 1.58. The fourth-order valence-corrected chi connectivity index (χ4v) is 2.63. The topological polar surface area (TPSA) is 20.2 Å². The van der Waals surface area contributed by atoms with Gasteiger partial charge in [-0.25, -0.2) is 0 Å². The summed E-state index contributed by atoms with van der Waals surface area (Å²) in [6.45, 7) is 2.16. The van der Waals surface area contributed by atoms with Crippen molar-refractivity contribution < 1.29 is 5.11 Å². The summed E-state index contributed by atoms with van der Waals surface area (Å²) >= 11 is 0. The third kappa shape index (κ3) is 1.20. The zero-order chi connectivity index (χ0) is 10.4. The van der Waals surface area contributed by atoms with Gasteiger partial charge in [0.1, 0.15) is 0 Å². The van der Waals surface area contributed by atoms with Gasteiger partial charge in [0.25, 0.3) is 0 Å². The molecule has 2 aromatic rings. The van der Waals surface area contributed by atoms with E-state index in [2.05, 4.69) is 31.2 Å². The largest absolute Gasteiger partial charge is 0.388 e. The van der Waals surface area contributed by atoms with Crippen LogP contribution < -0.4 is 0 Å². The van der Waals surface area contributed by atoms with Crippen molar-refractivity contribution in [2.75, 3.05) is 0 Å². The van der Waals surface area contributed by atoms with E-state index in [0.717, 1.165) is 18.4 Å². The molecule has 0 saturated carbocycles. The Morgan fingerprint density at radius 2 is 2.07 bits per heavy atom. The minimum Gasteiger partial charge on any atom is -0.388 e. The molecule has 0 aromatic heterocycles. The molecule has 1 atom stereocenters. The molecule has 0 bridgehead atoms. The van der Waals surface area contributed by atoms with Crippen LogP contribution in [0, 0.1) is 6.92 Å². The van der Waals surface area contributed by atoms with Gasteiger partial charge in [0.15, 0.2) is 0 Å². The van der Waals surface area contributed by atoms with Crippen molar-refractivity contribution in [3.05, 3.63) is 47.0 Å². The van der Waals surface area contributed by atoms with Crippen LogP contribution in [0.15, 0.2) is 30.3 Å². The fraction of sp³-hybridized carbons (Fsp3) is 0.286. The van der Waals surface area contributed by atoms with Gasteiger partial charge in [-0.3, -0.25) is 0 Å². The quantitative estimate of drug-likeness (QED) is 0.689. The zero-order valence-corrected chi connectivity index (χ0v) is 8.83. The third-order valence-corrected chi connectivity index (χ3v) is 3.45. The number of hydrogen-bond acceptors (Lipinski definition) is 1. The van der Waals surface area contributed by atoms with E-state index in [9.17, 15) is 5.11 Å². The van der Waals surface area contributed by atoms with Gasteiger partial charge < -0.3 is 5.11 Å². The number of benzene rings is 2. The molecule has 1 aliphatic rings. The Morgan fingerprint density at radius 3 is 2.93 bits per heavy atom. The summed E-state index contributed by atoms with van der Waals surface area (Å²) in [5.41, 5.74) is 3.88. The van der Waals surface area contributed by atoms with Crippen LogP contribution in [0.5, 0.6) is 0 Å². The highest BCUT2D eigenvalue weighted by Crippen LogP contribution is 2.36. The van der Waals surface area contributed by atoms with Gasteiger partial charge in [-0.15, -0.1) is 0 Å². The molecule has 1 aliphatic carbocycles. The van der Waals surface area contributed by atoms with E-state index >= 15 is 0 Å². The van der Waals surface area contributed by atoms with E-state index in [-0.39, 0.29) is 6.10 Å². The molecule has 1 nitrogen and oxygen atoms in total. The lowest BCUT2D eigenvalue weighted by atomic mass is 9.85. The number of rotatable bonds is 0. The first kappa shape index (κ1) is 8.93. The Labute approximate surface area is 89.4 Å². The Kier molecular flexibility index (Phi) is 1.83. The second-order valence-electron chi connectivity index (χ2n) is 4.36. The molecule has 0 heterocycles. The fourth-order valence-electron chi connectivity index (χ4n) is 2.63. The Bertz CT molecular complexity index is 528. The Hall–Kier alpha value is -1.34. The molecule has 0 radical (unpaired) electrons. The predicted molar refractivity (Wildman–Crippen MR) is 62.0 cm³/mol. The third-order valence-electron chi connectivity index (χ3n) is 3.45. The molecule has 1 N–H and O–H groups in total. The lowest BCUT2D eigenvalue weighted by Gasteiger charge is -2.23. The average molecular weight is 198 g/mol. The summed E-state index contributed by atoms with van der Waals surface area (Å²) in [5.74, 6) is 0. The molecular weight excluding hydrogens is 184 g/mol. The van der Waals surface area contributed by atoms with Crippen molar-refractivity contribution in [1.29, 1.82) is 0 Å². The number of aryl methyl sites for hydroxylation is 2. The normalized spacial score (nSPS) is 19.5. The summed E-state index contributed by atoms with van der Waals surface area (Å²) in [4.78, 5) is 0. The molecule has 0 unspecified atom stereocenters. The minimum atomic E-state index is -0.275. The van der Waals surface area contributed by atoms with Crippen molar-refractivity contribution in [2.24, 2.45) is 0 Å². The van der Waals surface area contributed by atoms with Crippen LogP contribution in [0.4, 0.5) is 0 Å². The van der Waals surface area contributed by atoms with E-state index in [1.807, 2.05) is 6.07 Å². The first-order valence-electron chi connectivity index (χ1n) is 5.46. The van der Waals surface area contributed by atoms with E-state index < -0.39 is 0 Å². The maximum absolute atomic E-state index is 9.96. The predicted octanol–water partition coefficient (Wildman–Crippen LogP) is 3.13. The molecule has 15 heavy (non-hydrogen) atoms. The molecule has 1 heteroatoms. The van der Waals surface area contributed by atoms with Crippen LogP contribution in [0.2, 0.25) is 0 Å². The molecule has 0 aliphatic heterocycles. The maximum Gasteiger partial charge on any atom is 0.0799 e. The smallest absolute Gasteiger partial charge is 0.0799 e. The van der Waals surface area contributed by atoms with Crippen molar-refractivity contribution >= 4 is 10.8 Å². The summed E-state index contributed by atoms with van der Waals surface area (Å²) < 4.78 is 0. The zero-order valence-electron chi connectivity index (χ0n) is 8.83. The number of hydrogen-bond donors (Lipinski definition) is 1. The second-order valence-corrected chi connectivity index (χ2v) is 4.36. The average Bonchev–Trinajstić information content (AvgIpc) is 2.26. The van der Waals surface area contributed by atoms with Gasteiger partial charge in [-0.2, -0.15) is 0 Å². The van der Waals surface area contributed by atoms with E-state index in [1.165, 1.54) is 21.9 Å².